The van der Waals surface area contributed by atoms with Gasteiger partial charge in [-0.25, -0.2) is 0 Å². The Kier molecular flexibility index (Phi) is 4.34. The van der Waals surface area contributed by atoms with Crippen molar-refractivity contribution >= 4 is 11.6 Å². The van der Waals surface area contributed by atoms with Gasteiger partial charge in [0.05, 0.1) is 4.92 Å². The van der Waals surface area contributed by atoms with Crippen molar-refractivity contribution in [2.24, 2.45) is 5.41 Å². The Balaban J connectivity index is 1.91. The van der Waals surface area contributed by atoms with Crippen molar-refractivity contribution in [1.82, 2.24) is 10.6 Å². The minimum atomic E-state index is -0.432. The molecule has 0 bridgehead atoms. The predicted molar refractivity (Wildman–Crippen MR) is 75.2 cm³/mol. The highest BCUT2D eigenvalue weighted by molar-refractivity contribution is 5.82. The number of hydrogen-bond donors (Lipinski definition) is 2. The van der Waals surface area contributed by atoms with E-state index in [0.29, 0.717) is 6.54 Å². The van der Waals surface area contributed by atoms with Crippen LogP contribution in [0.5, 0.6) is 0 Å². The molecule has 6 heteroatoms. The van der Waals surface area contributed by atoms with E-state index in [1.807, 2.05) is 6.92 Å². The molecule has 1 saturated heterocycles. The number of nitrogens with one attached hydrogen (secondary N) is 2. The van der Waals surface area contributed by atoms with E-state index in [1.54, 1.807) is 12.1 Å². The van der Waals surface area contributed by atoms with E-state index in [-0.39, 0.29) is 17.0 Å². The van der Waals surface area contributed by atoms with Crippen molar-refractivity contribution < 1.29 is 9.72 Å². The van der Waals surface area contributed by atoms with Gasteiger partial charge in [0.2, 0.25) is 5.91 Å². The van der Waals surface area contributed by atoms with Crippen LogP contribution in [0.3, 0.4) is 0 Å². The lowest BCUT2D eigenvalue weighted by molar-refractivity contribution is -0.384. The van der Waals surface area contributed by atoms with Gasteiger partial charge in [0, 0.05) is 24.1 Å². The third-order valence-corrected chi connectivity index (χ3v) is 3.86. The quantitative estimate of drug-likeness (QED) is 0.646. The molecule has 1 aromatic carbocycles. The summed E-state index contributed by atoms with van der Waals surface area (Å²) in [5, 5.41) is 16.7. The molecule has 0 aromatic heterocycles. The zero-order chi connectivity index (χ0) is 14.6. The molecule has 0 saturated carbocycles. The number of carbonyl (C=O) groups excluding carboxylic acids is 1. The van der Waals surface area contributed by atoms with Crippen molar-refractivity contribution in [3.8, 4) is 0 Å². The molecule has 1 fully saturated rings. The van der Waals surface area contributed by atoms with E-state index in [0.717, 1.165) is 31.5 Å². The zero-order valence-electron chi connectivity index (χ0n) is 11.5. The Morgan fingerprint density at radius 3 is 2.50 bits per heavy atom. The van der Waals surface area contributed by atoms with Gasteiger partial charge < -0.3 is 10.6 Å². The van der Waals surface area contributed by atoms with Crippen molar-refractivity contribution in [1.29, 1.82) is 0 Å². The Labute approximate surface area is 117 Å². The van der Waals surface area contributed by atoms with Gasteiger partial charge in [-0.15, -0.1) is 0 Å². The van der Waals surface area contributed by atoms with Crippen LogP contribution in [-0.2, 0) is 11.3 Å². The number of nitro benzene ring substituents is 1. The maximum atomic E-state index is 12.2. The van der Waals surface area contributed by atoms with Crippen molar-refractivity contribution in [2.45, 2.75) is 26.3 Å². The van der Waals surface area contributed by atoms with E-state index in [9.17, 15) is 14.9 Å². The molecule has 0 aliphatic carbocycles. The second-order valence-corrected chi connectivity index (χ2v) is 5.42. The highest BCUT2D eigenvalue weighted by atomic mass is 16.6. The van der Waals surface area contributed by atoms with Crippen LogP contribution in [0, 0.1) is 15.5 Å². The monoisotopic (exact) mass is 277 g/mol. The summed E-state index contributed by atoms with van der Waals surface area (Å²) >= 11 is 0. The van der Waals surface area contributed by atoms with Gasteiger partial charge in [-0.1, -0.05) is 19.1 Å². The van der Waals surface area contributed by atoms with Crippen LogP contribution < -0.4 is 10.6 Å². The first-order valence-electron chi connectivity index (χ1n) is 6.74. The second kappa shape index (κ2) is 6.00. The Morgan fingerprint density at radius 1 is 1.35 bits per heavy atom. The number of carbonyl (C=O) groups is 1. The first kappa shape index (κ1) is 14.5. The van der Waals surface area contributed by atoms with Gasteiger partial charge in [-0.05, 0) is 31.5 Å². The average Bonchev–Trinajstić information content (AvgIpc) is 2.46. The van der Waals surface area contributed by atoms with Gasteiger partial charge in [0.15, 0.2) is 0 Å². The smallest absolute Gasteiger partial charge is 0.269 e. The van der Waals surface area contributed by atoms with Crippen molar-refractivity contribution in [3.63, 3.8) is 0 Å². The van der Waals surface area contributed by atoms with E-state index >= 15 is 0 Å². The van der Waals surface area contributed by atoms with Crippen LogP contribution in [0.2, 0.25) is 0 Å². The third-order valence-electron chi connectivity index (χ3n) is 3.86. The SMILES string of the molecule is CC1(C(=O)NCc2ccc([N+](=O)[O-])cc2)CCNCC1. The van der Waals surface area contributed by atoms with E-state index in [1.165, 1.54) is 12.1 Å². The van der Waals surface area contributed by atoms with Gasteiger partial charge in [-0.3, -0.25) is 14.9 Å². The molecular formula is C14H19N3O3. The van der Waals surface area contributed by atoms with Crippen LogP contribution in [0.1, 0.15) is 25.3 Å². The molecule has 1 heterocycles. The predicted octanol–water partition coefficient (Wildman–Crippen LogP) is 1.60. The lowest BCUT2D eigenvalue weighted by Gasteiger charge is -2.32. The van der Waals surface area contributed by atoms with Gasteiger partial charge in [0.25, 0.3) is 5.69 Å². The summed E-state index contributed by atoms with van der Waals surface area (Å²) < 4.78 is 0. The van der Waals surface area contributed by atoms with Crippen LogP contribution in [0.25, 0.3) is 0 Å². The standard InChI is InChI=1S/C14H19N3O3/c1-14(6-8-15-9-7-14)13(18)16-10-11-2-4-12(5-3-11)17(19)20/h2-5,15H,6-10H2,1H3,(H,16,18). The highest BCUT2D eigenvalue weighted by Crippen LogP contribution is 2.28. The molecule has 0 spiro atoms. The molecule has 1 aliphatic rings. The Bertz CT molecular complexity index is 493. The molecule has 0 atom stereocenters. The fourth-order valence-corrected chi connectivity index (χ4v) is 2.34. The van der Waals surface area contributed by atoms with Crippen LogP contribution in [-0.4, -0.2) is 23.9 Å². The lowest BCUT2D eigenvalue weighted by Crippen LogP contribution is -2.45. The number of hydrogen-bond acceptors (Lipinski definition) is 4. The maximum Gasteiger partial charge on any atom is 0.269 e. The van der Waals surface area contributed by atoms with Gasteiger partial charge in [-0.2, -0.15) is 0 Å². The first-order chi connectivity index (χ1) is 9.51. The summed E-state index contributed by atoms with van der Waals surface area (Å²) in [7, 11) is 0. The number of piperidine rings is 1. The lowest BCUT2D eigenvalue weighted by atomic mass is 9.80. The molecule has 1 aliphatic heterocycles. The Morgan fingerprint density at radius 2 is 1.95 bits per heavy atom. The number of amides is 1. The van der Waals surface area contributed by atoms with Crippen LogP contribution in [0.15, 0.2) is 24.3 Å². The van der Waals surface area contributed by atoms with Crippen LogP contribution >= 0.6 is 0 Å². The maximum absolute atomic E-state index is 12.2. The second-order valence-electron chi connectivity index (χ2n) is 5.42. The minimum Gasteiger partial charge on any atom is -0.352 e. The fourth-order valence-electron chi connectivity index (χ4n) is 2.34. The number of nitro groups is 1. The molecule has 0 unspecified atom stereocenters. The number of non-ortho nitro benzene ring substituents is 1. The summed E-state index contributed by atoms with van der Waals surface area (Å²) in [6, 6.07) is 6.24. The summed E-state index contributed by atoms with van der Waals surface area (Å²) in [6.07, 6.45) is 1.66. The first-order valence-corrected chi connectivity index (χ1v) is 6.74. The van der Waals surface area contributed by atoms with Crippen molar-refractivity contribution in [3.05, 3.63) is 39.9 Å². The number of nitrogens with zero attached hydrogens (tertiary/aromatic N) is 1. The van der Waals surface area contributed by atoms with E-state index in [2.05, 4.69) is 10.6 Å². The van der Waals surface area contributed by atoms with Gasteiger partial charge in [0.1, 0.15) is 0 Å². The normalized spacial score (nSPS) is 17.4. The molecular weight excluding hydrogens is 258 g/mol. The molecule has 1 amide bonds. The molecule has 2 rings (SSSR count). The summed E-state index contributed by atoms with van der Waals surface area (Å²) in [5.74, 6) is 0.0531. The van der Waals surface area contributed by atoms with Crippen LogP contribution in [0.4, 0.5) is 5.69 Å². The van der Waals surface area contributed by atoms with E-state index < -0.39 is 4.92 Å². The van der Waals surface area contributed by atoms with Crippen molar-refractivity contribution in [2.75, 3.05) is 13.1 Å². The molecule has 108 valence electrons. The molecule has 1 aromatic rings. The highest BCUT2D eigenvalue weighted by Gasteiger charge is 2.34. The zero-order valence-corrected chi connectivity index (χ0v) is 11.5. The number of rotatable bonds is 4. The fraction of sp³-hybridized carbons (Fsp3) is 0.500. The minimum absolute atomic E-state index is 0.0531. The summed E-state index contributed by atoms with van der Waals surface area (Å²) in [4.78, 5) is 22.3. The summed E-state index contributed by atoms with van der Waals surface area (Å²) in [5.41, 5.74) is 0.610. The molecule has 0 radical (unpaired) electrons. The Hall–Kier alpha value is -1.95. The summed E-state index contributed by atoms with van der Waals surface area (Å²) in [6.45, 7) is 4.11. The molecule has 2 N–H and O–H groups in total. The average molecular weight is 277 g/mol. The topological polar surface area (TPSA) is 84.3 Å². The molecule has 6 nitrogen and oxygen atoms in total. The van der Waals surface area contributed by atoms with E-state index in [4.69, 9.17) is 0 Å². The van der Waals surface area contributed by atoms with Gasteiger partial charge >= 0.3 is 0 Å². The largest absolute Gasteiger partial charge is 0.352 e. The molecule has 20 heavy (non-hydrogen) atoms. The number of benzene rings is 1. The third kappa shape index (κ3) is 3.33.